The lowest BCUT2D eigenvalue weighted by Crippen LogP contribution is -2.08. The van der Waals surface area contributed by atoms with Crippen LogP contribution in [0.3, 0.4) is 0 Å². The fourth-order valence-electron chi connectivity index (χ4n) is 2.27. The van der Waals surface area contributed by atoms with E-state index in [1.165, 1.54) is 0 Å². The number of ether oxygens (including phenoxy) is 1. The summed E-state index contributed by atoms with van der Waals surface area (Å²) in [6.45, 7) is 9.66. The van der Waals surface area contributed by atoms with Gasteiger partial charge in [0.15, 0.2) is 0 Å². The Morgan fingerprint density at radius 2 is 1.86 bits per heavy atom. The Morgan fingerprint density at radius 3 is 2.52 bits per heavy atom. The second-order valence-corrected chi connectivity index (χ2v) is 4.78. The Bertz CT molecular complexity index is 611. The number of hydrogen-bond donors (Lipinski definition) is 1. The number of aromatic nitrogens is 2. The lowest BCUT2D eigenvalue weighted by atomic mass is 10.1. The Kier molecular flexibility index (Phi) is 5.14. The number of anilines is 1. The third-order valence-corrected chi connectivity index (χ3v) is 3.29. The van der Waals surface area contributed by atoms with E-state index in [1.54, 1.807) is 0 Å². The Labute approximate surface area is 126 Å². The van der Waals surface area contributed by atoms with Gasteiger partial charge in [-0.05, 0) is 32.9 Å². The number of rotatable bonds is 6. The fourth-order valence-corrected chi connectivity index (χ4v) is 2.27. The SMILES string of the molecule is CCNc1nc(CC)nc(-c2ccccc2OCC)c1C. The van der Waals surface area contributed by atoms with Crippen LogP contribution in [0.25, 0.3) is 11.3 Å². The molecule has 0 aliphatic heterocycles. The lowest BCUT2D eigenvalue weighted by molar-refractivity contribution is 0.341. The van der Waals surface area contributed by atoms with Crippen LogP contribution >= 0.6 is 0 Å². The van der Waals surface area contributed by atoms with E-state index in [0.29, 0.717) is 6.61 Å². The number of hydrogen-bond acceptors (Lipinski definition) is 4. The van der Waals surface area contributed by atoms with Gasteiger partial charge in [-0.25, -0.2) is 9.97 Å². The maximum absolute atomic E-state index is 5.74. The van der Waals surface area contributed by atoms with Crippen LogP contribution in [0.4, 0.5) is 5.82 Å². The highest BCUT2D eigenvalue weighted by Crippen LogP contribution is 2.33. The van der Waals surface area contributed by atoms with Gasteiger partial charge < -0.3 is 10.1 Å². The minimum atomic E-state index is 0.641. The number of nitrogens with one attached hydrogen (secondary N) is 1. The minimum absolute atomic E-state index is 0.641. The van der Waals surface area contributed by atoms with Crippen LogP contribution in [0.2, 0.25) is 0 Å². The molecule has 1 heterocycles. The van der Waals surface area contributed by atoms with Gasteiger partial charge in [0, 0.05) is 24.1 Å². The number of aryl methyl sites for hydroxylation is 1. The van der Waals surface area contributed by atoms with Crippen LogP contribution in [0.15, 0.2) is 24.3 Å². The Balaban J connectivity index is 2.59. The van der Waals surface area contributed by atoms with Crippen LogP contribution < -0.4 is 10.1 Å². The molecule has 4 heteroatoms. The molecule has 112 valence electrons. The smallest absolute Gasteiger partial charge is 0.133 e. The van der Waals surface area contributed by atoms with Gasteiger partial charge in [0.2, 0.25) is 0 Å². The van der Waals surface area contributed by atoms with Crippen molar-refractivity contribution in [1.29, 1.82) is 0 Å². The predicted molar refractivity (Wildman–Crippen MR) is 86.9 cm³/mol. The first-order chi connectivity index (χ1) is 10.2. The highest BCUT2D eigenvalue weighted by molar-refractivity contribution is 5.73. The zero-order valence-electron chi connectivity index (χ0n) is 13.2. The van der Waals surface area contributed by atoms with E-state index >= 15 is 0 Å². The summed E-state index contributed by atoms with van der Waals surface area (Å²) in [7, 11) is 0. The predicted octanol–water partition coefficient (Wildman–Crippen LogP) is 3.84. The van der Waals surface area contributed by atoms with Gasteiger partial charge in [-0.15, -0.1) is 0 Å². The summed E-state index contributed by atoms with van der Waals surface area (Å²) < 4.78 is 5.74. The van der Waals surface area contributed by atoms with E-state index in [1.807, 2.05) is 25.1 Å². The van der Waals surface area contributed by atoms with E-state index in [-0.39, 0.29) is 0 Å². The van der Waals surface area contributed by atoms with Gasteiger partial charge in [-0.2, -0.15) is 0 Å². The van der Waals surface area contributed by atoms with Gasteiger partial charge in [-0.3, -0.25) is 0 Å². The summed E-state index contributed by atoms with van der Waals surface area (Å²) in [5.74, 6) is 2.62. The van der Waals surface area contributed by atoms with E-state index in [9.17, 15) is 0 Å². The molecule has 0 fully saturated rings. The number of nitrogens with zero attached hydrogens (tertiary/aromatic N) is 2. The molecule has 0 saturated heterocycles. The van der Waals surface area contributed by atoms with Crippen molar-refractivity contribution in [3.8, 4) is 17.0 Å². The van der Waals surface area contributed by atoms with Crippen LogP contribution in [0.5, 0.6) is 5.75 Å². The molecule has 0 amide bonds. The number of benzene rings is 1. The molecular formula is C17H23N3O. The van der Waals surface area contributed by atoms with Crippen LogP contribution in [-0.4, -0.2) is 23.1 Å². The van der Waals surface area contributed by atoms with Gasteiger partial charge in [0.1, 0.15) is 17.4 Å². The maximum atomic E-state index is 5.74. The van der Waals surface area contributed by atoms with Crippen molar-refractivity contribution in [1.82, 2.24) is 9.97 Å². The highest BCUT2D eigenvalue weighted by Gasteiger charge is 2.15. The molecule has 2 aromatic rings. The maximum Gasteiger partial charge on any atom is 0.133 e. The molecule has 0 aliphatic carbocycles. The largest absolute Gasteiger partial charge is 0.493 e. The summed E-state index contributed by atoms with van der Waals surface area (Å²) in [6.07, 6.45) is 0.808. The summed E-state index contributed by atoms with van der Waals surface area (Å²) in [5.41, 5.74) is 3.02. The van der Waals surface area contributed by atoms with Gasteiger partial charge >= 0.3 is 0 Å². The van der Waals surface area contributed by atoms with Crippen molar-refractivity contribution in [2.75, 3.05) is 18.5 Å². The second-order valence-electron chi connectivity index (χ2n) is 4.78. The Morgan fingerprint density at radius 1 is 1.10 bits per heavy atom. The van der Waals surface area contributed by atoms with Crippen LogP contribution in [0, 0.1) is 6.92 Å². The van der Waals surface area contributed by atoms with Gasteiger partial charge in [0.05, 0.1) is 12.3 Å². The molecule has 0 unspecified atom stereocenters. The molecule has 1 N–H and O–H groups in total. The van der Waals surface area contributed by atoms with Crippen molar-refractivity contribution in [3.05, 3.63) is 35.7 Å². The van der Waals surface area contributed by atoms with E-state index in [4.69, 9.17) is 9.72 Å². The van der Waals surface area contributed by atoms with Crippen molar-refractivity contribution in [2.45, 2.75) is 34.1 Å². The first-order valence-electron chi connectivity index (χ1n) is 7.54. The van der Waals surface area contributed by atoms with E-state index in [0.717, 1.165) is 47.2 Å². The molecule has 0 saturated carbocycles. The second kappa shape index (κ2) is 7.07. The zero-order valence-corrected chi connectivity index (χ0v) is 13.2. The molecule has 0 bridgehead atoms. The van der Waals surface area contributed by atoms with Crippen molar-refractivity contribution >= 4 is 5.82 Å². The summed E-state index contributed by atoms with van der Waals surface area (Å²) >= 11 is 0. The monoisotopic (exact) mass is 285 g/mol. The Hall–Kier alpha value is -2.10. The molecular weight excluding hydrogens is 262 g/mol. The van der Waals surface area contributed by atoms with Crippen LogP contribution in [0.1, 0.15) is 32.2 Å². The van der Waals surface area contributed by atoms with E-state index in [2.05, 4.69) is 37.1 Å². The normalized spacial score (nSPS) is 10.5. The summed E-state index contributed by atoms with van der Waals surface area (Å²) in [6, 6.07) is 8.03. The molecule has 21 heavy (non-hydrogen) atoms. The first kappa shape index (κ1) is 15.3. The molecule has 2 rings (SSSR count). The molecule has 0 atom stereocenters. The summed E-state index contributed by atoms with van der Waals surface area (Å²) in [4.78, 5) is 9.30. The molecule has 1 aromatic carbocycles. The molecule has 0 radical (unpaired) electrons. The first-order valence-corrected chi connectivity index (χ1v) is 7.54. The highest BCUT2D eigenvalue weighted by atomic mass is 16.5. The fraction of sp³-hybridized carbons (Fsp3) is 0.412. The van der Waals surface area contributed by atoms with Crippen molar-refractivity contribution in [2.24, 2.45) is 0 Å². The average molecular weight is 285 g/mol. The quantitative estimate of drug-likeness (QED) is 0.876. The molecule has 4 nitrogen and oxygen atoms in total. The third-order valence-electron chi connectivity index (χ3n) is 3.29. The molecule has 1 aromatic heterocycles. The zero-order chi connectivity index (χ0) is 15.2. The lowest BCUT2D eigenvalue weighted by Gasteiger charge is -2.15. The van der Waals surface area contributed by atoms with Crippen molar-refractivity contribution < 1.29 is 4.74 Å². The minimum Gasteiger partial charge on any atom is -0.493 e. The third kappa shape index (κ3) is 3.32. The van der Waals surface area contributed by atoms with Crippen molar-refractivity contribution in [3.63, 3.8) is 0 Å². The summed E-state index contributed by atoms with van der Waals surface area (Å²) in [5, 5.41) is 3.32. The standard InChI is InChI=1S/C17H23N3O/c1-5-15-19-16(12(4)17(20-15)18-6-2)13-10-8-9-11-14(13)21-7-3/h8-11H,5-7H2,1-4H3,(H,18,19,20). The topological polar surface area (TPSA) is 47.0 Å². The van der Waals surface area contributed by atoms with E-state index < -0.39 is 0 Å². The average Bonchev–Trinajstić information content (AvgIpc) is 2.50. The molecule has 0 spiro atoms. The van der Waals surface area contributed by atoms with Crippen LogP contribution in [-0.2, 0) is 6.42 Å². The van der Waals surface area contributed by atoms with Gasteiger partial charge in [-0.1, -0.05) is 19.1 Å². The van der Waals surface area contributed by atoms with Gasteiger partial charge in [0.25, 0.3) is 0 Å². The molecule has 0 aliphatic rings. The number of para-hydroxylation sites is 1.